The summed E-state index contributed by atoms with van der Waals surface area (Å²) in [4.78, 5) is 24.7. The van der Waals surface area contributed by atoms with Gasteiger partial charge >= 0.3 is 12.1 Å². The fraction of sp³-hybridized carbons (Fsp3) is 0.481. The van der Waals surface area contributed by atoms with Crippen LogP contribution in [0.5, 0.6) is 17.2 Å². The molecular weight excluding hydrogens is 466 g/mol. The van der Waals surface area contributed by atoms with Crippen molar-refractivity contribution in [1.82, 2.24) is 5.32 Å². The van der Waals surface area contributed by atoms with Crippen LogP contribution >= 0.6 is 0 Å². The normalized spacial score (nSPS) is 13.8. The largest absolute Gasteiger partial charge is 0.493 e. The predicted molar refractivity (Wildman–Crippen MR) is 135 cm³/mol. The second-order valence-electron chi connectivity index (χ2n) is 9.48. The first-order valence-electron chi connectivity index (χ1n) is 11.7. The van der Waals surface area contributed by atoms with Gasteiger partial charge in [-0.25, -0.2) is 4.79 Å². The average Bonchev–Trinajstić information content (AvgIpc) is 2.81. The molecule has 0 heterocycles. The van der Waals surface area contributed by atoms with Gasteiger partial charge in [0.25, 0.3) is 0 Å². The Balaban J connectivity index is 2.28. The lowest BCUT2D eigenvalue weighted by Gasteiger charge is -2.28. The molecule has 3 unspecified atom stereocenters. The molecule has 9 nitrogen and oxygen atoms in total. The number of amides is 1. The molecule has 0 saturated heterocycles. The number of carboxylic acid groups (broad SMARTS) is 1. The molecule has 2 aromatic carbocycles. The number of carbonyl (C=O) groups excluding carboxylic acids is 1. The van der Waals surface area contributed by atoms with E-state index in [-0.39, 0.29) is 12.8 Å². The van der Waals surface area contributed by atoms with E-state index < -0.39 is 35.7 Å². The second kappa shape index (κ2) is 13.0. The summed E-state index contributed by atoms with van der Waals surface area (Å²) >= 11 is 0. The third-order valence-corrected chi connectivity index (χ3v) is 5.59. The third kappa shape index (κ3) is 8.34. The number of methoxy groups -OCH3 is 3. The summed E-state index contributed by atoms with van der Waals surface area (Å²) < 4.78 is 21.5. The lowest BCUT2D eigenvalue weighted by Crippen LogP contribution is -2.47. The van der Waals surface area contributed by atoms with Crippen LogP contribution in [-0.2, 0) is 22.4 Å². The second-order valence-corrected chi connectivity index (χ2v) is 9.48. The minimum Gasteiger partial charge on any atom is -0.493 e. The van der Waals surface area contributed by atoms with E-state index >= 15 is 0 Å². The first-order valence-corrected chi connectivity index (χ1v) is 11.7. The summed E-state index contributed by atoms with van der Waals surface area (Å²) in [7, 11) is 4.43. The van der Waals surface area contributed by atoms with E-state index in [1.165, 1.54) is 21.3 Å². The molecule has 0 radical (unpaired) electrons. The topological polar surface area (TPSA) is 124 Å². The number of carboxylic acids is 1. The number of hydrogen-bond acceptors (Lipinski definition) is 7. The monoisotopic (exact) mass is 503 g/mol. The first-order chi connectivity index (χ1) is 17.0. The van der Waals surface area contributed by atoms with E-state index in [9.17, 15) is 19.8 Å². The van der Waals surface area contributed by atoms with Crippen molar-refractivity contribution in [2.45, 2.75) is 57.8 Å². The van der Waals surface area contributed by atoms with E-state index in [0.717, 1.165) is 5.56 Å². The Morgan fingerprint density at radius 3 is 2.08 bits per heavy atom. The highest BCUT2D eigenvalue weighted by molar-refractivity contribution is 5.71. The van der Waals surface area contributed by atoms with Crippen LogP contribution in [-0.4, -0.2) is 61.4 Å². The van der Waals surface area contributed by atoms with Crippen molar-refractivity contribution in [3.8, 4) is 17.2 Å². The minimum absolute atomic E-state index is 0.0699. The van der Waals surface area contributed by atoms with E-state index in [4.69, 9.17) is 18.9 Å². The highest BCUT2D eigenvalue weighted by Crippen LogP contribution is 2.41. The molecule has 0 saturated carbocycles. The number of alkyl carbamates (subject to hydrolysis) is 1. The zero-order chi connectivity index (χ0) is 26.9. The highest BCUT2D eigenvalue weighted by Gasteiger charge is 2.31. The fourth-order valence-corrected chi connectivity index (χ4v) is 3.93. The molecule has 0 aliphatic carbocycles. The summed E-state index contributed by atoms with van der Waals surface area (Å²) in [6.07, 6.45) is -1.59. The van der Waals surface area contributed by atoms with E-state index in [1.807, 2.05) is 30.3 Å². The summed E-state index contributed by atoms with van der Waals surface area (Å²) in [5.41, 5.74) is 0.750. The van der Waals surface area contributed by atoms with Crippen molar-refractivity contribution in [2.75, 3.05) is 21.3 Å². The number of aliphatic hydroxyl groups is 1. The van der Waals surface area contributed by atoms with Crippen LogP contribution in [0.2, 0.25) is 0 Å². The zero-order valence-corrected chi connectivity index (χ0v) is 21.7. The standard InChI is InChI=1S/C27H37NO8/c1-27(2,3)36-26(32)28-20(14-17-10-8-7-9-11-17)21(29)16-19(25(30)31)15-18-12-13-22(33-4)24(35-6)23(18)34-5/h7-13,19-21,29H,14-16H2,1-6H3,(H,28,32)(H,30,31). The van der Waals surface area contributed by atoms with Crippen LogP contribution < -0.4 is 19.5 Å². The summed E-state index contributed by atoms with van der Waals surface area (Å²) in [6, 6.07) is 12.0. The smallest absolute Gasteiger partial charge is 0.407 e. The maximum atomic E-state index is 12.5. The van der Waals surface area contributed by atoms with Gasteiger partial charge in [-0.2, -0.15) is 0 Å². The molecule has 0 fully saturated rings. The molecule has 1 amide bonds. The molecule has 0 aliphatic heterocycles. The van der Waals surface area contributed by atoms with Gasteiger partial charge in [0.1, 0.15) is 5.60 Å². The molecule has 198 valence electrons. The number of hydrogen-bond donors (Lipinski definition) is 3. The molecular formula is C27H37NO8. The van der Waals surface area contributed by atoms with Gasteiger partial charge in [0.15, 0.2) is 11.5 Å². The summed E-state index contributed by atoms with van der Waals surface area (Å²) in [5, 5.41) is 23.8. The van der Waals surface area contributed by atoms with Gasteiger partial charge in [0, 0.05) is 0 Å². The zero-order valence-electron chi connectivity index (χ0n) is 21.7. The lowest BCUT2D eigenvalue weighted by molar-refractivity contribution is -0.143. The Bertz CT molecular complexity index is 1000. The molecule has 9 heteroatoms. The van der Waals surface area contributed by atoms with Gasteiger partial charge in [0.2, 0.25) is 5.75 Å². The van der Waals surface area contributed by atoms with Gasteiger partial charge in [0.05, 0.1) is 39.4 Å². The molecule has 0 bridgehead atoms. The summed E-state index contributed by atoms with van der Waals surface area (Å²) in [5.74, 6) is -0.872. The van der Waals surface area contributed by atoms with Gasteiger partial charge in [-0.3, -0.25) is 4.79 Å². The maximum Gasteiger partial charge on any atom is 0.407 e. The fourth-order valence-electron chi connectivity index (χ4n) is 3.93. The maximum absolute atomic E-state index is 12.5. The summed E-state index contributed by atoms with van der Waals surface area (Å²) in [6.45, 7) is 5.23. The number of nitrogens with one attached hydrogen (secondary N) is 1. The Morgan fingerprint density at radius 2 is 1.56 bits per heavy atom. The molecule has 3 N–H and O–H groups in total. The van der Waals surface area contributed by atoms with Gasteiger partial charge in [-0.1, -0.05) is 36.4 Å². The predicted octanol–water partition coefficient (Wildman–Crippen LogP) is 3.84. The Kier molecular flexibility index (Phi) is 10.4. The number of carbonyl (C=O) groups is 2. The molecule has 0 spiro atoms. The van der Waals surface area contributed by atoms with Crippen molar-refractivity contribution in [3.05, 3.63) is 53.6 Å². The van der Waals surface area contributed by atoms with Crippen LogP contribution in [0.15, 0.2) is 42.5 Å². The van der Waals surface area contributed by atoms with Crippen molar-refractivity contribution in [1.29, 1.82) is 0 Å². The van der Waals surface area contributed by atoms with Crippen LogP contribution in [0, 0.1) is 5.92 Å². The molecule has 2 rings (SSSR count). The first kappa shape index (κ1) is 28.8. The van der Waals surface area contributed by atoms with Crippen LogP contribution in [0.4, 0.5) is 4.79 Å². The van der Waals surface area contributed by atoms with Gasteiger partial charge in [-0.05, 0) is 57.2 Å². The lowest BCUT2D eigenvalue weighted by atomic mass is 9.89. The minimum atomic E-state index is -1.16. The number of rotatable bonds is 12. The number of aliphatic carboxylic acids is 1. The van der Waals surface area contributed by atoms with Gasteiger partial charge < -0.3 is 34.5 Å². The van der Waals surface area contributed by atoms with Crippen molar-refractivity contribution >= 4 is 12.1 Å². The number of benzene rings is 2. The third-order valence-electron chi connectivity index (χ3n) is 5.59. The SMILES string of the molecule is COc1ccc(CC(CC(O)C(Cc2ccccc2)NC(=O)OC(C)(C)C)C(=O)O)c(OC)c1OC. The Hall–Kier alpha value is -3.46. The van der Waals surface area contributed by atoms with Crippen molar-refractivity contribution < 1.29 is 38.7 Å². The van der Waals surface area contributed by atoms with Gasteiger partial charge in [-0.15, -0.1) is 0 Å². The molecule has 0 aromatic heterocycles. The number of aliphatic hydroxyl groups excluding tert-OH is 1. The highest BCUT2D eigenvalue weighted by atomic mass is 16.6. The number of ether oxygens (including phenoxy) is 4. The van der Waals surface area contributed by atoms with Crippen LogP contribution in [0.3, 0.4) is 0 Å². The molecule has 3 atom stereocenters. The van der Waals surface area contributed by atoms with E-state index in [1.54, 1.807) is 32.9 Å². The molecule has 2 aromatic rings. The molecule has 36 heavy (non-hydrogen) atoms. The Morgan fingerprint density at radius 1 is 0.917 bits per heavy atom. The molecule has 0 aliphatic rings. The van der Waals surface area contributed by atoms with Crippen molar-refractivity contribution in [2.24, 2.45) is 5.92 Å². The van der Waals surface area contributed by atoms with Crippen LogP contribution in [0.1, 0.15) is 38.3 Å². The quantitative estimate of drug-likeness (QED) is 0.399. The Labute approximate surface area is 212 Å². The van der Waals surface area contributed by atoms with Crippen LogP contribution in [0.25, 0.3) is 0 Å². The van der Waals surface area contributed by atoms with E-state index in [0.29, 0.717) is 29.2 Å². The van der Waals surface area contributed by atoms with Crippen molar-refractivity contribution in [3.63, 3.8) is 0 Å². The van der Waals surface area contributed by atoms with E-state index in [2.05, 4.69) is 5.32 Å². The average molecular weight is 504 g/mol.